The van der Waals surface area contributed by atoms with Crippen molar-refractivity contribution in [1.29, 1.82) is 0 Å². The molecule has 0 aliphatic rings. The molecule has 0 fully saturated rings. The molecule has 0 saturated heterocycles. The molecule has 4 N–H and O–H groups in total. The van der Waals surface area contributed by atoms with Gasteiger partial charge in [0.15, 0.2) is 0 Å². The SMILES string of the molecule is CCNC(=O)C(C)NC(=O)Nc1cc(C(=O)O)ccc1Br. The maximum absolute atomic E-state index is 11.8. The molecule has 1 aromatic rings. The molecule has 0 bridgehead atoms. The quantitative estimate of drug-likeness (QED) is 0.644. The van der Waals surface area contributed by atoms with E-state index in [2.05, 4.69) is 31.9 Å². The van der Waals surface area contributed by atoms with Gasteiger partial charge in [-0.15, -0.1) is 0 Å². The first-order chi connectivity index (χ1) is 9.85. The van der Waals surface area contributed by atoms with Crippen molar-refractivity contribution in [1.82, 2.24) is 10.6 Å². The van der Waals surface area contributed by atoms with Crippen molar-refractivity contribution in [2.75, 3.05) is 11.9 Å². The Bertz CT molecular complexity index is 562. The van der Waals surface area contributed by atoms with Gasteiger partial charge in [-0.3, -0.25) is 4.79 Å². The Labute approximate surface area is 130 Å². The van der Waals surface area contributed by atoms with Gasteiger partial charge in [0.1, 0.15) is 6.04 Å². The van der Waals surface area contributed by atoms with Crippen LogP contribution in [0.2, 0.25) is 0 Å². The maximum atomic E-state index is 11.8. The summed E-state index contributed by atoms with van der Waals surface area (Å²) in [5.41, 5.74) is 0.348. The van der Waals surface area contributed by atoms with Crippen molar-refractivity contribution in [2.24, 2.45) is 0 Å². The lowest BCUT2D eigenvalue weighted by Crippen LogP contribution is -2.46. The summed E-state index contributed by atoms with van der Waals surface area (Å²) in [6, 6.07) is 2.95. The third-order valence-corrected chi connectivity index (χ3v) is 3.24. The number of hydrogen-bond donors (Lipinski definition) is 4. The predicted octanol–water partition coefficient (Wildman–Crippen LogP) is 1.79. The number of benzene rings is 1. The molecule has 1 unspecified atom stereocenters. The van der Waals surface area contributed by atoms with Crippen LogP contribution < -0.4 is 16.0 Å². The average Bonchev–Trinajstić information content (AvgIpc) is 2.41. The van der Waals surface area contributed by atoms with Crippen LogP contribution in [0, 0.1) is 0 Å². The predicted molar refractivity (Wildman–Crippen MR) is 81.4 cm³/mol. The minimum atomic E-state index is -1.10. The number of carbonyl (C=O) groups is 3. The van der Waals surface area contributed by atoms with E-state index in [0.717, 1.165) is 0 Å². The molecular formula is C13H16BrN3O4. The third-order valence-electron chi connectivity index (χ3n) is 2.55. The molecule has 8 heteroatoms. The zero-order valence-corrected chi connectivity index (χ0v) is 13.2. The number of halogens is 1. The average molecular weight is 358 g/mol. The summed E-state index contributed by atoms with van der Waals surface area (Å²) < 4.78 is 0.535. The van der Waals surface area contributed by atoms with Crippen LogP contribution in [0.15, 0.2) is 22.7 Å². The summed E-state index contributed by atoms with van der Waals surface area (Å²) in [6.07, 6.45) is 0. The largest absolute Gasteiger partial charge is 0.478 e. The molecule has 0 saturated carbocycles. The standard InChI is InChI=1S/C13H16BrN3O4/c1-3-15-11(18)7(2)16-13(21)17-10-6-8(12(19)20)4-5-9(10)14/h4-7H,3H2,1-2H3,(H,15,18)(H,19,20)(H2,16,17,21). The fourth-order valence-corrected chi connectivity index (χ4v) is 1.85. The number of amides is 3. The second-order valence-electron chi connectivity index (χ2n) is 4.21. The molecule has 21 heavy (non-hydrogen) atoms. The van der Waals surface area contributed by atoms with Crippen LogP contribution in [0.3, 0.4) is 0 Å². The topological polar surface area (TPSA) is 108 Å². The number of likely N-dealkylation sites (N-methyl/N-ethyl adjacent to an activating group) is 1. The van der Waals surface area contributed by atoms with Crippen molar-refractivity contribution in [2.45, 2.75) is 19.9 Å². The van der Waals surface area contributed by atoms with E-state index < -0.39 is 18.0 Å². The molecule has 0 radical (unpaired) electrons. The van der Waals surface area contributed by atoms with Gasteiger partial charge >= 0.3 is 12.0 Å². The minimum Gasteiger partial charge on any atom is -0.478 e. The van der Waals surface area contributed by atoms with E-state index in [0.29, 0.717) is 16.7 Å². The van der Waals surface area contributed by atoms with E-state index in [1.165, 1.54) is 18.2 Å². The van der Waals surface area contributed by atoms with Gasteiger partial charge in [-0.25, -0.2) is 9.59 Å². The Morgan fingerprint density at radius 2 is 2.00 bits per heavy atom. The molecule has 0 aliphatic carbocycles. The molecule has 7 nitrogen and oxygen atoms in total. The molecule has 1 aromatic carbocycles. The summed E-state index contributed by atoms with van der Waals surface area (Å²) in [5.74, 6) is -1.40. The van der Waals surface area contributed by atoms with Crippen molar-refractivity contribution in [3.05, 3.63) is 28.2 Å². The highest BCUT2D eigenvalue weighted by atomic mass is 79.9. The lowest BCUT2D eigenvalue weighted by molar-refractivity contribution is -0.122. The smallest absolute Gasteiger partial charge is 0.335 e. The van der Waals surface area contributed by atoms with E-state index in [4.69, 9.17) is 5.11 Å². The van der Waals surface area contributed by atoms with Gasteiger partial charge in [0.25, 0.3) is 0 Å². The van der Waals surface area contributed by atoms with Crippen molar-refractivity contribution >= 4 is 39.5 Å². The van der Waals surface area contributed by atoms with Gasteiger partial charge in [-0.1, -0.05) is 0 Å². The summed E-state index contributed by atoms with van der Waals surface area (Å²) in [5, 5.41) is 16.4. The first-order valence-electron chi connectivity index (χ1n) is 6.23. The zero-order chi connectivity index (χ0) is 16.0. The molecule has 0 heterocycles. The highest BCUT2D eigenvalue weighted by molar-refractivity contribution is 9.10. The first-order valence-corrected chi connectivity index (χ1v) is 7.02. The van der Waals surface area contributed by atoms with Gasteiger partial charge in [-0.2, -0.15) is 0 Å². The Balaban J connectivity index is 2.72. The first kappa shape index (κ1) is 17.0. The number of carboxylic acids is 1. The van der Waals surface area contributed by atoms with Crippen molar-refractivity contribution < 1.29 is 19.5 Å². The Morgan fingerprint density at radius 3 is 2.57 bits per heavy atom. The fraction of sp³-hybridized carbons (Fsp3) is 0.308. The number of rotatable bonds is 5. The van der Waals surface area contributed by atoms with Crippen molar-refractivity contribution in [3.8, 4) is 0 Å². The summed E-state index contributed by atoms with van der Waals surface area (Å²) in [6.45, 7) is 3.80. The number of nitrogens with one attached hydrogen (secondary N) is 3. The Morgan fingerprint density at radius 1 is 1.33 bits per heavy atom. The van der Waals surface area contributed by atoms with Gasteiger partial charge in [0.05, 0.1) is 11.3 Å². The summed E-state index contributed by atoms with van der Waals surface area (Å²) >= 11 is 3.21. The van der Waals surface area contributed by atoms with E-state index in [9.17, 15) is 14.4 Å². The maximum Gasteiger partial charge on any atom is 0.335 e. The third kappa shape index (κ3) is 5.07. The van der Waals surface area contributed by atoms with E-state index >= 15 is 0 Å². The van der Waals surface area contributed by atoms with Gasteiger partial charge in [-0.05, 0) is 48.0 Å². The number of hydrogen-bond acceptors (Lipinski definition) is 3. The molecule has 0 aromatic heterocycles. The van der Waals surface area contributed by atoms with Crippen LogP contribution in [0.25, 0.3) is 0 Å². The van der Waals surface area contributed by atoms with Crippen LogP contribution in [0.1, 0.15) is 24.2 Å². The number of urea groups is 1. The van der Waals surface area contributed by atoms with E-state index in [1.807, 2.05) is 0 Å². The monoisotopic (exact) mass is 357 g/mol. The van der Waals surface area contributed by atoms with Gasteiger partial charge < -0.3 is 21.1 Å². The highest BCUT2D eigenvalue weighted by Crippen LogP contribution is 2.23. The van der Waals surface area contributed by atoms with Crippen LogP contribution in [0.4, 0.5) is 10.5 Å². The Kier molecular flexibility index (Phi) is 6.16. The second-order valence-corrected chi connectivity index (χ2v) is 5.07. The van der Waals surface area contributed by atoms with Crippen LogP contribution in [-0.4, -0.2) is 35.6 Å². The summed E-state index contributed by atoms with van der Waals surface area (Å²) in [4.78, 5) is 34.2. The lowest BCUT2D eigenvalue weighted by Gasteiger charge is -2.15. The van der Waals surface area contributed by atoms with Crippen LogP contribution in [0.5, 0.6) is 0 Å². The van der Waals surface area contributed by atoms with Gasteiger partial charge in [0, 0.05) is 11.0 Å². The molecular weight excluding hydrogens is 342 g/mol. The molecule has 114 valence electrons. The zero-order valence-electron chi connectivity index (χ0n) is 11.6. The molecule has 1 rings (SSSR count). The van der Waals surface area contributed by atoms with Crippen LogP contribution in [-0.2, 0) is 4.79 Å². The number of anilines is 1. The molecule has 0 aliphatic heterocycles. The lowest BCUT2D eigenvalue weighted by atomic mass is 10.2. The minimum absolute atomic E-state index is 0.0466. The fourth-order valence-electron chi connectivity index (χ4n) is 1.50. The molecule has 0 spiro atoms. The van der Waals surface area contributed by atoms with Crippen LogP contribution >= 0.6 is 15.9 Å². The second kappa shape index (κ2) is 7.63. The summed E-state index contributed by atoms with van der Waals surface area (Å²) in [7, 11) is 0. The number of carboxylic acid groups (broad SMARTS) is 1. The van der Waals surface area contributed by atoms with Gasteiger partial charge in [0.2, 0.25) is 5.91 Å². The number of carbonyl (C=O) groups excluding carboxylic acids is 2. The highest BCUT2D eigenvalue weighted by Gasteiger charge is 2.16. The van der Waals surface area contributed by atoms with Crippen molar-refractivity contribution in [3.63, 3.8) is 0 Å². The number of aromatic carboxylic acids is 1. The Hall–Kier alpha value is -2.09. The normalized spacial score (nSPS) is 11.4. The van der Waals surface area contributed by atoms with E-state index in [-0.39, 0.29) is 11.5 Å². The molecule has 1 atom stereocenters. The molecule has 3 amide bonds. The van der Waals surface area contributed by atoms with E-state index in [1.54, 1.807) is 13.8 Å².